The highest BCUT2D eigenvalue weighted by atomic mass is 17.2. The van der Waals surface area contributed by atoms with Crippen LogP contribution in [0.1, 0.15) is 53.9 Å². The first-order chi connectivity index (χ1) is 7.67. The highest BCUT2D eigenvalue weighted by molar-refractivity contribution is 5.76. The second-order valence-corrected chi connectivity index (χ2v) is 5.05. The summed E-state index contributed by atoms with van der Waals surface area (Å²) in [6, 6.07) is 0. The van der Waals surface area contributed by atoms with Crippen molar-refractivity contribution >= 4 is 5.97 Å². The third-order valence-electron chi connectivity index (χ3n) is 2.85. The number of carboxylic acid groups (broad SMARTS) is 1. The van der Waals surface area contributed by atoms with E-state index in [2.05, 4.69) is 0 Å². The van der Waals surface area contributed by atoms with E-state index in [1.807, 2.05) is 13.8 Å². The quantitative estimate of drug-likeness (QED) is 0.508. The summed E-state index contributed by atoms with van der Waals surface area (Å²) in [6.45, 7) is 8.41. The molecule has 2 N–H and O–H groups in total. The minimum absolute atomic E-state index is 0.412. The molecule has 0 aromatic heterocycles. The number of rotatable bonds is 8. The number of hydrogen-bond acceptors (Lipinski definition) is 4. The van der Waals surface area contributed by atoms with Gasteiger partial charge in [-0.2, -0.15) is 0 Å². The molecular formula is C12H24O5. The maximum atomic E-state index is 10.9. The largest absolute Gasteiger partial charge is 0.479 e. The predicted molar refractivity (Wildman–Crippen MR) is 63.5 cm³/mol. The van der Waals surface area contributed by atoms with Crippen molar-refractivity contribution in [1.29, 1.82) is 0 Å². The highest BCUT2D eigenvalue weighted by Crippen LogP contribution is 2.25. The predicted octanol–water partition coefficient (Wildman–Crippen LogP) is 2.13. The summed E-state index contributed by atoms with van der Waals surface area (Å²) in [5.74, 6) is -1.09. The van der Waals surface area contributed by atoms with Crippen LogP contribution in [0.5, 0.6) is 0 Å². The third-order valence-corrected chi connectivity index (χ3v) is 2.85. The summed E-state index contributed by atoms with van der Waals surface area (Å²) in [5.41, 5.74) is -2.07. The minimum Gasteiger partial charge on any atom is -0.479 e. The average molecular weight is 248 g/mol. The third kappa shape index (κ3) is 5.48. The van der Waals surface area contributed by atoms with Crippen LogP contribution in [0.15, 0.2) is 0 Å². The standard InChI is InChI=1S/C12H24O5/c1-6-9(13)8-12(5,7-2)17-16-11(3,4)10(14)15/h9,13H,6-8H2,1-5H3,(H,14,15). The number of carboxylic acids is 1. The van der Waals surface area contributed by atoms with Crippen LogP contribution in [-0.4, -0.2) is 33.5 Å². The van der Waals surface area contributed by atoms with Crippen LogP contribution in [0.25, 0.3) is 0 Å². The molecule has 0 saturated carbocycles. The molecule has 0 aromatic rings. The topological polar surface area (TPSA) is 76.0 Å². The van der Waals surface area contributed by atoms with Crippen molar-refractivity contribution in [2.45, 2.75) is 71.2 Å². The zero-order chi connectivity index (χ0) is 13.7. The van der Waals surface area contributed by atoms with Gasteiger partial charge in [0.2, 0.25) is 0 Å². The van der Waals surface area contributed by atoms with Gasteiger partial charge >= 0.3 is 5.97 Å². The van der Waals surface area contributed by atoms with E-state index < -0.39 is 23.3 Å². The van der Waals surface area contributed by atoms with Crippen molar-refractivity contribution in [1.82, 2.24) is 0 Å². The van der Waals surface area contributed by atoms with Gasteiger partial charge in [-0.15, -0.1) is 0 Å². The van der Waals surface area contributed by atoms with Gasteiger partial charge in [0, 0.05) is 6.42 Å². The van der Waals surface area contributed by atoms with E-state index in [1.165, 1.54) is 13.8 Å². The molecule has 0 aliphatic heterocycles. The Hall–Kier alpha value is -0.650. The molecule has 0 radical (unpaired) electrons. The first-order valence-electron chi connectivity index (χ1n) is 5.95. The Morgan fingerprint density at radius 2 is 1.76 bits per heavy atom. The number of carbonyl (C=O) groups is 1. The summed E-state index contributed by atoms with van der Waals surface area (Å²) < 4.78 is 0. The van der Waals surface area contributed by atoms with Crippen LogP contribution in [0.2, 0.25) is 0 Å². The second kappa shape index (κ2) is 6.33. The van der Waals surface area contributed by atoms with E-state index in [1.54, 1.807) is 6.92 Å². The van der Waals surface area contributed by atoms with E-state index in [9.17, 15) is 9.90 Å². The van der Waals surface area contributed by atoms with Crippen molar-refractivity contribution in [3.8, 4) is 0 Å². The molecule has 0 aromatic carbocycles. The number of hydrogen-bond donors (Lipinski definition) is 2. The average Bonchev–Trinajstić information content (AvgIpc) is 2.26. The van der Waals surface area contributed by atoms with E-state index in [0.717, 1.165) is 0 Å². The van der Waals surface area contributed by atoms with Crippen molar-refractivity contribution in [2.24, 2.45) is 0 Å². The molecule has 0 aliphatic rings. The molecule has 2 unspecified atom stereocenters. The monoisotopic (exact) mass is 248 g/mol. The molecule has 0 rings (SSSR count). The highest BCUT2D eigenvalue weighted by Gasteiger charge is 2.35. The lowest BCUT2D eigenvalue weighted by Crippen LogP contribution is -2.41. The molecule has 2 atom stereocenters. The Morgan fingerprint density at radius 3 is 2.12 bits per heavy atom. The van der Waals surface area contributed by atoms with Crippen molar-refractivity contribution in [3.05, 3.63) is 0 Å². The van der Waals surface area contributed by atoms with Gasteiger partial charge < -0.3 is 10.2 Å². The number of aliphatic carboxylic acids is 1. The lowest BCUT2D eigenvalue weighted by molar-refractivity contribution is -0.400. The maximum absolute atomic E-state index is 10.9. The molecule has 0 amide bonds. The van der Waals surface area contributed by atoms with Crippen LogP contribution in [0.4, 0.5) is 0 Å². The Kier molecular flexibility index (Phi) is 6.09. The molecular weight excluding hydrogens is 224 g/mol. The Balaban J connectivity index is 4.44. The Bertz CT molecular complexity index is 251. The molecule has 5 nitrogen and oxygen atoms in total. The SMILES string of the molecule is CCC(O)CC(C)(CC)OOC(C)(C)C(=O)O. The van der Waals surface area contributed by atoms with Gasteiger partial charge in [-0.3, -0.25) is 0 Å². The molecule has 5 heteroatoms. The van der Waals surface area contributed by atoms with E-state index in [4.69, 9.17) is 14.9 Å². The van der Waals surface area contributed by atoms with Crippen LogP contribution >= 0.6 is 0 Å². The van der Waals surface area contributed by atoms with Gasteiger partial charge in [0.25, 0.3) is 0 Å². The van der Waals surface area contributed by atoms with Crippen molar-refractivity contribution in [3.63, 3.8) is 0 Å². The van der Waals surface area contributed by atoms with Crippen molar-refractivity contribution in [2.75, 3.05) is 0 Å². The fourth-order valence-electron chi connectivity index (χ4n) is 1.12. The van der Waals surface area contributed by atoms with Gasteiger partial charge in [-0.1, -0.05) is 13.8 Å². The van der Waals surface area contributed by atoms with Crippen LogP contribution in [0.3, 0.4) is 0 Å². The van der Waals surface area contributed by atoms with Gasteiger partial charge in [-0.05, 0) is 33.6 Å². The van der Waals surface area contributed by atoms with Gasteiger partial charge in [0.05, 0.1) is 6.10 Å². The molecule has 0 spiro atoms. The smallest absolute Gasteiger partial charge is 0.338 e. The summed E-state index contributed by atoms with van der Waals surface area (Å²) in [6.07, 6.45) is 1.19. The van der Waals surface area contributed by atoms with Gasteiger partial charge in [-0.25, -0.2) is 14.6 Å². The maximum Gasteiger partial charge on any atom is 0.338 e. The normalized spacial score (nSPS) is 17.5. The molecule has 0 heterocycles. The molecule has 17 heavy (non-hydrogen) atoms. The van der Waals surface area contributed by atoms with Crippen LogP contribution in [0, 0.1) is 0 Å². The fraction of sp³-hybridized carbons (Fsp3) is 0.917. The summed E-state index contributed by atoms with van der Waals surface area (Å²) in [4.78, 5) is 21.1. The molecule has 0 fully saturated rings. The molecule has 0 saturated heterocycles. The lowest BCUT2D eigenvalue weighted by Gasteiger charge is -2.32. The number of aliphatic hydroxyl groups is 1. The van der Waals surface area contributed by atoms with E-state index in [0.29, 0.717) is 19.3 Å². The fourth-order valence-corrected chi connectivity index (χ4v) is 1.12. The molecule has 0 aliphatic carbocycles. The summed E-state index contributed by atoms with van der Waals surface area (Å²) in [5, 5.41) is 18.5. The van der Waals surface area contributed by atoms with E-state index in [-0.39, 0.29) is 0 Å². The lowest BCUT2D eigenvalue weighted by atomic mass is 9.94. The van der Waals surface area contributed by atoms with E-state index >= 15 is 0 Å². The van der Waals surface area contributed by atoms with Gasteiger partial charge in [0.1, 0.15) is 5.60 Å². The minimum atomic E-state index is -1.40. The zero-order valence-corrected chi connectivity index (χ0v) is 11.3. The first-order valence-corrected chi connectivity index (χ1v) is 5.95. The van der Waals surface area contributed by atoms with Crippen LogP contribution < -0.4 is 0 Å². The summed E-state index contributed by atoms with van der Waals surface area (Å²) in [7, 11) is 0. The van der Waals surface area contributed by atoms with Crippen LogP contribution in [-0.2, 0) is 14.6 Å². The van der Waals surface area contributed by atoms with Crippen molar-refractivity contribution < 1.29 is 24.8 Å². The number of aliphatic hydroxyl groups excluding tert-OH is 1. The second-order valence-electron chi connectivity index (χ2n) is 5.05. The zero-order valence-electron chi connectivity index (χ0n) is 11.3. The van der Waals surface area contributed by atoms with Gasteiger partial charge in [0.15, 0.2) is 5.60 Å². The molecule has 0 bridgehead atoms. The molecule has 102 valence electrons. The Morgan fingerprint density at radius 1 is 1.24 bits per heavy atom. The first kappa shape index (κ1) is 16.4. The Labute approximate surface area is 103 Å². The summed E-state index contributed by atoms with van der Waals surface area (Å²) >= 11 is 0.